The standard InChI is InChI=1S/C15H15NO/c1-12(17)10-13-5-7-14(8-6-13)11-15-4-2-3-9-16-15/h2-9H,10-11H2,1H3. The van der Waals surface area contributed by atoms with Gasteiger partial charge in [-0.25, -0.2) is 0 Å². The summed E-state index contributed by atoms with van der Waals surface area (Å²) in [6.07, 6.45) is 3.16. The first kappa shape index (κ1) is 11.5. The topological polar surface area (TPSA) is 30.0 Å². The molecule has 0 saturated carbocycles. The van der Waals surface area contributed by atoms with Crippen molar-refractivity contribution in [1.29, 1.82) is 0 Å². The van der Waals surface area contributed by atoms with Crippen LogP contribution in [0.4, 0.5) is 0 Å². The molecule has 0 atom stereocenters. The summed E-state index contributed by atoms with van der Waals surface area (Å²) >= 11 is 0. The first-order chi connectivity index (χ1) is 8.24. The fourth-order valence-electron chi connectivity index (χ4n) is 1.77. The van der Waals surface area contributed by atoms with Crippen molar-refractivity contribution in [3.8, 4) is 0 Å². The number of hydrogen-bond donors (Lipinski definition) is 0. The molecule has 0 fully saturated rings. The third-order valence-corrected chi connectivity index (χ3v) is 2.59. The minimum absolute atomic E-state index is 0.197. The number of pyridine rings is 1. The van der Waals surface area contributed by atoms with Crippen LogP contribution < -0.4 is 0 Å². The van der Waals surface area contributed by atoms with Gasteiger partial charge in [0.15, 0.2) is 0 Å². The van der Waals surface area contributed by atoms with Crippen LogP contribution in [0.5, 0.6) is 0 Å². The van der Waals surface area contributed by atoms with E-state index in [1.807, 2.05) is 30.3 Å². The van der Waals surface area contributed by atoms with Gasteiger partial charge in [0.05, 0.1) is 0 Å². The van der Waals surface area contributed by atoms with Crippen molar-refractivity contribution >= 4 is 5.78 Å². The molecule has 0 spiro atoms. The Morgan fingerprint density at radius 1 is 1.06 bits per heavy atom. The van der Waals surface area contributed by atoms with Crippen LogP contribution >= 0.6 is 0 Å². The van der Waals surface area contributed by atoms with E-state index in [2.05, 4.69) is 17.1 Å². The van der Waals surface area contributed by atoms with Crippen LogP contribution in [0.15, 0.2) is 48.7 Å². The van der Waals surface area contributed by atoms with Gasteiger partial charge in [0, 0.05) is 24.7 Å². The molecule has 1 aromatic carbocycles. The molecule has 2 aromatic rings. The number of carbonyl (C=O) groups is 1. The van der Waals surface area contributed by atoms with Crippen LogP contribution in [0.2, 0.25) is 0 Å². The largest absolute Gasteiger partial charge is 0.300 e. The monoisotopic (exact) mass is 225 g/mol. The molecule has 1 heterocycles. The smallest absolute Gasteiger partial charge is 0.134 e. The molecule has 0 aliphatic heterocycles. The van der Waals surface area contributed by atoms with E-state index in [4.69, 9.17) is 0 Å². The molecular formula is C15H15NO. The number of ketones is 1. The number of rotatable bonds is 4. The van der Waals surface area contributed by atoms with Crippen molar-refractivity contribution in [3.63, 3.8) is 0 Å². The SMILES string of the molecule is CC(=O)Cc1ccc(Cc2ccccn2)cc1. The zero-order valence-corrected chi connectivity index (χ0v) is 9.89. The molecule has 0 amide bonds. The van der Waals surface area contributed by atoms with Gasteiger partial charge < -0.3 is 0 Å². The van der Waals surface area contributed by atoms with Crippen molar-refractivity contribution in [2.24, 2.45) is 0 Å². The highest BCUT2D eigenvalue weighted by Crippen LogP contribution is 2.09. The number of benzene rings is 1. The van der Waals surface area contributed by atoms with Crippen molar-refractivity contribution in [2.75, 3.05) is 0 Å². The summed E-state index contributed by atoms with van der Waals surface area (Å²) in [6, 6.07) is 14.1. The Balaban J connectivity index is 2.06. The van der Waals surface area contributed by atoms with E-state index in [0.29, 0.717) is 6.42 Å². The molecule has 2 heteroatoms. The molecular weight excluding hydrogens is 210 g/mol. The molecule has 86 valence electrons. The third-order valence-electron chi connectivity index (χ3n) is 2.59. The molecule has 0 aliphatic carbocycles. The second-order valence-electron chi connectivity index (χ2n) is 4.19. The first-order valence-corrected chi connectivity index (χ1v) is 5.71. The fraction of sp³-hybridized carbons (Fsp3) is 0.200. The quantitative estimate of drug-likeness (QED) is 0.800. The van der Waals surface area contributed by atoms with E-state index >= 15 is 0 Å². The summed E-state index contributed by atoms with van der Waals surface area (Å²) in [5.41, 5.74) is 3.35. The Bertz CT molecular complexity index is 488. The van der Waals surface area contributed by atoms with Crippen molar-refractivity contribution in [1.82, 2.24) is 4.98 Å². The Kier molecular flexibility index (Phi) is 3.66. The highest BCUT2D eigenvalue weighted by Gasteiger charge is 1.99. The maximum absolute atomic E-state index is 11.0. The van der Waals surface area contributed by atoms with Crippen LogP contribution in [-0.2, 0) is 17.6 Å². The normalized spacial score (nSPS) is 10.2. The predicted octanol–water partition coefficient (Wildman–Crippen LogP) is 2.80. The highest BCUT2D eigenvalue weighted by atomic mass is 16.1. The first-order valence-electron chi connectivity index (χ1n) is 5.71. The van der Waals surface area contributed by atoms with E-state index in [0.717, 1.165) is 17.7 Å². The number of carbonyl (C=O) groups excluding carboxylic acids is 1. The Morgan fingerprint density at radius 2 is 1.76 bits per heavy atom. The average Bonchev–Trinajstić information content (AvgIpc) is 2.32. The average molecular weight is 225 g/mol. The van der Waals surface area contributed by atoms with E-state index < -0.39 is 0 Å². The Labute approximate surface area is 101 Å². The molecule has 0 aliphatic rings. The summed E-state index contributed by atoms with van der Waals surface area (Å²) in [5.74, 6) is 0.197. The summed E-state index contributed by atoms with van der Waals surface area (Å²) in [6.45, 7) is 1.61. The highest BCUT2D eigenvalue weighted by molar-refractivity contribution is 5.78. The summed E-state index contributed by atoms with van der Waals surface area (Å²) < 4.78 is 0. The van der Waals surface area contributed by atoms with Crippen molar-refractivity contribution in [3.05, 3.63) is 65.5 Å². The van der Waals surface area contributed by atoms with Crippen LogP contribution in [-0.4, -0.2) is 10.8 Å². The molecule has 1 aromatic heterocycles. The Morgan fingerprint density at radius 3 is 2.35 bits per heavy atom. The number of nitrogens with zero attached hydrogens (tertiary/aromatic N) is 1. The molecule has 0 bridgehead atoms. The molecule has 0 saturated heterocycles. The Hall–Kier alpha value is -1.96. The van der Waals surface area contributed by atoms with Gasteiger partial charge in [-0.3, -0.25) is 9.78 Å². The number of Topliss-reactive ketones (excluding diaryl/α,β-unsaturated/α-hetero) is 1. The lowest BCUT2D eigenvalue weighted by Crippen LogP contribution is -1.97. The van der Waals surface area contributed by atoms with Crippen LogP contribution in [0.3, 0.4) is 0 Å². The maximum atomic E-state index is 11.0. The van der Waals surface area contributed by atoms with Gasteiger partial charge in [-0.05, 0) is 30.2 Å². The van der Waals surface area contributed by atoms with Gasteiger partial charge in [0.1, 0.15) is 5.78 Å². The van der Waals surface area contributed by atoms with Crippen LogP contribution in [0.1, 0.15) is 23.7 Å². The fourth-order valence-corrected chi connectivity index (χ4v) is 1.77. The third kappa shape index (κ3) is 3.52. The summed E-state index contributed by atoms with van der Waals surface area (Å²) in [4.78, 5) is 15.3. The molecule has 0 N–H and O–H groups in total. The maximum Gasteiger partial charge on any atom is 0.134 e. The van der Waals surface area contributed by atoms with E-state index in [1.54, 1.807) is 13.1 Å². The van der Waals surface area contributed by atoms with Crippen molar-refractivity contribution < 1.29 is 4.79 Å². The van der Waals surface area contributed by atoms with Gasteiger partial charge in [0.2, 0.25) is 0 Å². The minimum atomic E-state index is 0.197. The molecule has 0 radical (unpaired) electrons. The molecule has 2 nitrogen and oxygen atoms in total. The lowest BCUT2D eigenvalue weighted by molar-refractivity contribution is -0.116. The summed E-state index contributed by atoms with van der Waals surface area (Å²) in [5, 5.41) is 0. The lowest BCUT2D eigenvalue weighted by atomic mass is 10.0. The van der Waals surface area contributed by atoms with Gasteiger partial charge in [0.25, 0.3) is 0 Å². The predicted molar refractivity (Wildman–Crippen MR) is 67.9 cm³/mol. The lowest BCUT2D eigenvalue weighted by Gasteiger charge is -2.02. The second kappa shape index (κ2) is 5.39. The molecule has 17 heavy (non-hydrogen) atoms. The van der Waals surface area contributed by atoms with E-state index in [9.17, 15) is 4.79 Å². The number of aromatic nitrogens is 1. The van der Waals surface area contributed by atoms with Crippen LogP contribution in [0, 0.1) is 0 Å². The van der Waals surface area contributed by atoms with Gasteiger partial charge in [-0.15, -0.1) is 0 Å². The van der Waals surface area contributed by atoms with Gasteiger partial charge in [-0.1, -0.05) is 30.3 Å². The van der Waals surface area contributed by atoms with E-state index in [1.165, 1.54) is 5.56 Å². The van der Waals surface area contributed by atoms with E-state index in [-0.39, 0.29) is 5.78 Å². The second-order valence-corrected chi connectivity index (χ2v) is 4.19. The zero-order valence-electron chi connectivity index (χ0n) is 9.89. The molecule has 0 unspecified atom stereocenters. The zero-order chi connectivity index (χ0) is 12.1. The van der Waals surface area contributed by atoms with Gasteiger partial charge >= 0.3 is 0 Å². The minimum Gasteiger partial charge on any atom is -0.300 e. The molecule has 2 rings (SSSR count). The van der Waals surface area contributed by atoms with Crippen molar-refractivity contribution in [2.45, 2.75) is 19.8 Å². The van der Waals surface area contributed by atoms with Crippen LogP contribution in [0.25, 0.3) is 0 Å². The summed E-state index contributed by atoms with van der Waals surface area (Å²) in [7, 11) is 0. The number of hydrogen-bond acceptors (Lipinski definition) is 2. The van der Waals surface area contributed by atoms with Gasteiger partial charge in [-0.2, -0.15) is 0 Å².